The fourth-order valence-electron chi connectivity index (χ4n) is 2.29. The maximum atomic E-state index is 12.4. The lowest BCUT2D eigenvalue weighted by Gasteiger charge is -2.09. The summed E-state index contributed by atoms with van der Waals surface area (Å²) in [5, 5.41) is 21.4. The van der Waals surface area contributed by atoms with Crippen molar-refractivity contribution in [3.05, 3.63) is 53.2 Å². The third-order valence-electron chi connectivity index (χ3n) is 3.72. The lowest BCUT2D eigenvalue weighted by molar-refractivity contribution is -0.141. The number of aromatic nitrogens is 1. The number of hydrogen-bond donors (Lipinski definition) is 2. The van der Waals surface area contributed by atoms with Gasteiger partial charge in [0.2, 0.25) is 0 Å². The number of carbonyl (C=O) groups excluding carboxylic acids is 2. The number of unbranched alkanes of at least 4 members (excludes halogenated alkanes) is 1. The van der Waals surface area contributed by atoms with Gasteiger partial charge >= 0.3 is 11.9 Å². The summed E-state index contributed by atoms with van der Waals surface area (Å²) in [6.07, 6.45) is 3.04. The number of benzene rings is 1. The van der Waals surface area contributed by atoms with Gasteiger partial charge in [-0.3, -0.25) is 9.59 Å². The van der Waals surface area contributed by atoms with Gasteiger partial charge in [0, 0.05) is 13.1 Å². The number of thioether (sulfide) groups is 1. The largest absolute Gasteiger partial charge is 0.478 e. The Morgan fingerprint density at radius 3 is 2.66 bits per heavy atom. The number of carboxylic acids is 1. The van der Waals surface area contributed by atoms with E-state index in [1.807, 2.05) is 6.07 Å². The molecule has 1 amide bonds. The number of anilines is 1. The first-order valence-corrected chi connectivity index (χ1v) is 9.70. The smallest absolute Gasteiger partial charge is 0.337 e. The Morgan fingerprint density at radius 2 is 2.03 bits per heavy atom. The lowest BCUT2D eigenvalue weighted by atomic mass is 10.1. The summed E-state index contributed by atoms with van der Waals surface area (Å²) in [6, 6.07) is 9.20. The van der Waals surface area contributed by atoms with Crippen molar-refractivity contribution in [3.63, 3.8) is 0 Å². The van der Waals surface area contributed by atoms with Crippen LogP contribution in [0, 0.1) is 11.3 Å². The molecule has 0 aliphatic rings. The van der Waals surface area contributed by atoms with Gasteiger partial charge in [-0.25, -0.2) is 9.78 Å². The molecule has 0 aliphatic heterocycles. The molecule has 29 heavy (non-hydrogen) atoms. The Morgan fingerprint density at radius 1 is 1.24 bits per heavy atom. The Labute approximate surface area is 171 Å². The highest BCUT2D eigenvalue weighted by Crippen LogP contribution is 2.20. The maximum absolute atomic E-state index is 12.4. The summed E-state index contributed by atoms with van der Waals surface area (Å²) in [7, 11) is 0. The summed E-state index contributed by atoms with van der Waals surface area (Å²) in [4.78, 5) is 38.6. The number of nitrogens with zero attached hydrogens (tertiary/aromatic N) is 2. The number of carbonyl (C=O) groups is 3. The molecule has 0 spiro atoms. The Kier molecular flexibility index (Phi) is 8.18. The van der Waals surface area contributed by atoms with Crippen LogP contribution in [0.25, 0.3) is 0 Å². The number of hydrogen-bond acceptors (Lipinski definition) is 7. The number of nitrogens with one attached hydrogen (secondary N) is 1. The lowest BCUT2D eigenvalue weighted by Crippen LogP contribution is -2.15. The van der Waals surface area contributed by atoms with Gasteiger partial charge in [0.25, 0.3) is 5.91 Å². The van der Waals surface area contributed by atoms with Crippen molar-refractivity contribution in [2.75, 3.05) is 17.7 Å². The molecule has 0 saturated heterocycles. The van der Waals surface area contributed by atoms with Gasteiger partial charge in [0.05, 0.1) is 40.1 Å². The first-order valence-electron chi connectivity index (χ1n) is 8.71. The first-order chi connectivity index (χ1) is 13.9. The molecule has 2 rings (SSSR count). The molecule has 0 saturated carbocycles. The maximum Gasteiger partial charge on any atom is 0.337 e. The Bertz CT molecular complexity index is 938. The van der Waals surface area contributed by atoms with Crippen LogP contribution >= 0.6 is 11.8 Å². The Balaban J connectivity index is 1.92. The van der Waals surface area contributed by atoms with Crippen LogP contribution in [-0.4, -0.2) is 40.3 Å². The molecule has 2 N–H and O–H groups in total. The van der Waals surface area contributed by atoms with E-state index in [1.54, 1.807) is 12.1 Å². The average Bonchev–Trinajstić information content (AvgIpc) is 2.70. The SMILES string of the molecule is CC(=O)OCCCCSc1ccc(C(=O)Nc2ccc(C#N)cc2C(=O)O)cn1. The number of carboxylic acid groups (broad SMARTS) is 1. The van der Waals surface area contributed by atoms with E-state index < -0.39 is 11.9 Å². The van der Waals surface area contributed by atoms with Crippen LogP contribution in [-0.2, 0) is 9.53 Å². The molecule has 2 aromatic rings. The average molecular weight is 413 g/mol. The highest BCUT2D eigenvalue weighted by atomic mass is 32.2. The van der Waals surface area contributed by atoms with Crippen LogP contribution in [0.3, 0.4) is 0 Å². The highest BCUT2D eigenvalue weighted by Gasteiger charge is 2.15. The van der Waals surface area contributed by atoms with Gasteiger partial charge in [-0.1, -0.05) is 0 Å². The molecule has 1 aromatic heterocycles. The van der Waals surface area contributed by atoms with E-state index in [1.165, 1.54) is 43.1 Å². The normalized spacial score (nSPS) is 10.1. The topological polar surface area (TPSA) is 129 Å². The molecule has 0 aliphatic carbocycles. The molecule has 8 nitrogen and oxygen atoms in total. The number of amides is 1. The molecule has 0 atom stereocenters. The van der Waals surface area contributed by atoms with Crippen LogP contribution in [0.1, 0.15) is 46.0 Å². The minimum absolute atomic E-state index is 0.104. The fraction of sp³-hybridized carbons (Fsp3) is 0.250. The standard InChI is InChI=1S/C20H19N3O5S/c1-13(24)28-8-2-3-9-29-18-7-5-15(12-22-18)19(25)23-17-6-4-14(11-21)10-16(17)20(26)27/h4-7,10,12H,2-3,8-9H2,1H3,(H,23,25)(H,26,27). The zero-order valence-corrected chi connectivity index (χ0v) is 16.5. The second-order valence-electron chi connectivity index (χ2n) is 5.91. The molecule has 1 aromatic carbocycles. The number of nitriles is 1. The molecule has 0 unspecified atom stereocenters. The molecule has 150 valence electrons. The monoisotopic (exact) mass is 413 g/mol. The second-order valence-corrected chi connectivity index (χ2v) is 7.03. The van der Waals surface area contributed by atoms with Crippen molar-refractivity contribution in [3.8, 4) is 6.07 Å². The van der Waals surface area contributed by atoms with Crippen LogP contribution in [0.4, 0.5) is 5.69 Å². The fourth-order valence-corrected chi connectivity index (χ4v) is 3.14. The van der Waals surface area contributed by atoms with E-state index in [4.69, 9.17) is 10.00 Å². The zero-order chi connectivity index (χ0) is 21.2. The van der Waals surface area contributed by atoms with E-state index in [9.17, 15) is 19.5 Å². The van der Waals surface area contributed by atoms with Gasteiger partial charge in [-0.2, -0.15) is 5.26 Å². The van der Waals surface area contributed by atoms with Crippen LogP contribution in [0.5, 0.6) is 0 Å². The quantitative estimate of drug-likeness (QED) is 0.364. The summed E-state index contributed by atoms with van der Waals surface area (Å²) >= 11 is 1.52. The highest BCUT2D eigenvalue weighted by molar-refractivity contribution is 7.99. The van der Waals surface area contributed by atoms with Crippen LogP contribution in [0.15, 0.2) is 41.6 Å². The third-order valence-corrected chi connectivity index (χ3v) is 4.75. The second kappa shape index (κ2) is 10.8. The molecular weight excluding hydrogens is 394 g/mol. The first kappa shape index (κ1) is 21.9. The summed E-state index contributed by atoms with van der Waals surface area (Å²) in [5.74, 6) is -1.23. The van der Waals surface area contributed by atoms with Gasteiger partial charge in [0.1, 0.15) is 0 Å². The van der Waals surface area contributed by atoms with Gasteiger partial charge in [-0.15, -0.1) is 11.8 Å². The minimum atomic E-state index is -1.24. The van der Waals surface area contributed by atoms with Crippen molar-refractivity contribution >= 4 is 35.3 Å². The van der Waals surface area contributed by atoms with Crippen molar-refractivity contribution in [1.29, 1.82) is 5.26 Å². The summed E-state index contributed by atoms with van der Waals surface area (Å²) in [6.45, 7) is 1.77. The van der Waals surface area contributed by atoms with E-state index in [2.05, 4.69) is 10.3 Å². The molecule has 9 heteroatoms. The third kappa shape index (κ3) is 6.93. The van der Waals surface area contributed by atoms with E-state index in [0.29, 0.717) is 6.61 Å². The number of esters is 1. The van der Waals surface area contributed by atoms with E-state index in [0.717, 1.165) is 23.6 Å². The van der Waals surface area contributed by atoms with E-state index in [-0.39, 0.29) is 28.3 Å². The number of rotatable bonds is 9. The van der Waals surface area contributed by atoms with Gasteiger partial charge in [0.15, 0.2) is 0 Å². The predicted molar refractivity (Wildman–Crippen MR) is 107 cm³/mol. The number of aromatic carboxylic acids is 1. The molecule has 0 fully saturated rings. The van der Waals surface area contributed by atoms with Crippen molar-refractivity contribution < 1.29 is 24.2 Å². The van der Waals surface area contributed by atoms with Gasteiger partial charge < -0.3 is 15.2 Å². The van der Waals surface area contributed by atoms with Crippen molar-refractivity contribution in [2.45, 2.75) is 24.8 Å². The molecule has 0 bridgehead atoms. The zero-order valence-electron chi connectivity index (χ0n) is 15.7. The minimum Gasteiger partial charge on any atom is -0.478 e. The summed E-state index contributed by atoms with van der Waals surface area (Å²) in [5.41, 5.74) is 0.417. The van der Waals surface area contributed by atoms with Gasteiger partial charge in [-0.05, 0) is 48.9 Å². The van der Waals surface area contributed by atoms with E-state index >= 15 is 0 Å². The molecule has 0 radical (unpaired) electrons. The molecular formula is C20H19N3O5S. The van der Waals surface area contributed by atoms with Crippen molar-refractivity contribution in [1.82, 2.24) is 4.98 Å². The predicted octanol–water partition coefficient (Wildman–Crippen LogP) is 3.34. The van der Waals surface area contributed by atoms with Crippen LogP contribution in [0.2, 0.25) is 0 Å². The summed E-state index contributed by atoms with van der Waals surface area (Å²) < 4.78 is 4.86. The number of ether oxygens (including phenoxy) is 1. The molecule has 1 heterocycles. The van der Waals surface area contributed by atoms with Crippen molar-refractivity contribution in [2.24, 2.45) is 0 Å². The van der Waals surface area contributed by atoms with Crippen LogP contribution < -0.4 is 5.32 Å². The Hall–Kier alpha value is -3.38. The number of pyridine rings is 1.